The summed E-state index contributed by atoms with van der Waals surface area (Å²) in [6, 6.07) is 18.7. The predicted octanol–water partition coefficient (Wildman–Crippen LogP) is 6.27. The molecule has 2 aromatic carbocycles. The van der Waals surface area contributed by atoms with Gasteiger partial charge in [0.05, 0.1) is 16.7 Å². The topological polar surface area (TPSA) is 49.3 Å². The number of fused-ring (bicyclic) bond motifs is 1. The third-order valence-corrected chi connectivity index (χ3v) is 7.55. The number of piperidine rings is 1. The van der Waals surface area contributed by atoms with Crippen molar-refractivity contribution in [3.8, 4) is 0 Å². The van der Waals surface area contributed by atoms with E-state index in [1.54, 1.807) is 16.2 Å². The molecule has 184 valence electrons. The van der Waals surface area contributed by atoms with Gasteiger partial charge in [0.25, 0.3) is 5.91 Å². The lowest BCUT2D eigenvalue weighted by atomic mass is 9.87. The molecule has 1 saturated heterocycles. The number of hydrogen-bond donors (Lipinski definition) is 0. The maximum Gasteiger partial charge on any atom is 0.253 e. The Balaban J connectivity index is 1.50. The highest BCUT2D eigenvalue weighted by Gasteiger charge is 2.21. The number of hydrogen-bond acceptors (Lipinski definition) is 5. The van der Waals surface area contributed by atoms with E-state index in [-0.39, 0.29) is 5.91 Å². The van der Waals surface area contributed by atoms with Gasteiger partial charge in [-0.05, 0) is 48.6 Å². The first-order valence-electron chi connectivity index (χ1n) is 12.7. The minimum Gasteiger partial charge on any atom is -0.342 e. The zero-order chi connectivity index (χ0) is 24.9. The molecule has 5 nitrogen and oxygen atoms in total. The monoisotopic (exact) mass is 496 g/mol. The average Bonchev–Trinajstić information content (AvgIpc) is 3.43. The Morgan fingerprint density at radius 3 is 2.47 bits per heavy atom. The van der Waals surface area contributed by atoms with Crippen LogP contribution >= 0.6 is 11.3 Å². The Hall–Kier alpha value is -3.35. The first-order valence-corrected chi connectivity index (χ1v) is 13.6. The fraction of sp³-hybridized carbons (Fsp3) is 0.300. The Morgan fingerprint density at radius 1 is 1.00 bits per heavy atom. The van der Waals surface area contributed by atoms with Gasteiger partial charge in [0.2, 0.25) is 0 Å². The minimum absolute atomic E-state index is 0.0692. The summed E-state index contributed by atoms with van der Waals surface area (Å²) in [6.07, 6.45) is 4.82. The van der Waals surface area contributed by atoms with Gasteiger partial charge in [-0.3, -0.25) is 14.7 Å². The number of likely N-dealkylation sites (tertiary alicyclic amines) is 1. The molecule has 1 fully saturated rings. The van der Waals surface area contributed by atoms with E-state index in [0.717, 1.165) is 73.2 Å². The maximum atomic E-state index is 12.8. The standard InChI is InChI=1S/C30H32N4OS/c1-3-16-33(2)30(35)25-11-9-22(10-12-25)28(27-8-4-6-24-7-5-15-31-29(24)27)23-13-17-34(18-14-23)19-26-20-36-21-32-26/h4-12,15,20-21H,3,13-14,16-19H2,1-2H3. The van der Waals surface area contributed by atoms with Crippen molar-refractivity contribution >= 4 is 33.7 Å². The fourth-order valence-corrected chi connectivity index (χ4v) is 5.62. The van der Waals surface area contributed by atoms with Crippen LogP contribution in [0.2, 0.25) is 0 Å². The lowest BCUT2D eigenvalue weighted by molar-refractivity contribution is 0.0795. The molecule has 0 bridgehead atoms. The van der Waals surface area contributed by atoms with Crippen molar-refractivity contribution in [1.82, 2.24) is 19.8 Å². The SMILES string of the molecule is CCCN(C)C(=O)c1ccc(C(=C2CCN(Cc3cscn3)CC2)c2cccc3cccnc23)cc1. The zero-order valence-electron chi connectivity index (χ0n) is 21.0. The van der Waals surface area contributed by atoms with E-state index in [1.807, 2.05) is 37.0 Å². The van der Waals surface area contributed by atoms with E-state index in [1.165, 1.54) is 16.7 Å². The fourth-order valence-electron chi connectivity index (χ4n) is 5.07. The van der Waals surface area contributed by atoms with Crippen LogP contribution in [0.4, 0.5) is 0 Å². The molecule has 1 aliphatic heterocycles. The van der Waals surface area contributed by atoms with E-state index < -0.39 is 0 Å². The number of carbonyl (C=O) groups excluding carboxylic acids is 1. The number of carbonyl (C=O) groups is 1. The van der Waals surface area contributed by atoms with Crippen LogP contribution in [0.15, 0.2) is 77.3 Å². The quantitative estimate of drug-likeness (QED) is 0.303. The molecule has 0 spiro atoms. The second-order valence-corrected chi connectivity index (χ2v) is 10.1. The molecular formula is C30H32N4OS. The van der Waals surface area contributed by atoms with Gasteiger partial charge in [0.15, 0.2) is 0 Å². The summed E-state index contributed by atoms with van der Waals surface area (Å²) in [6.45, 7) is 5.77. The second kappa shape index (κ2) is 11.1. The highest BCUT2D eigenvalue weighted by atomic mass is 32.1. The van der Waals surface area contributed by atoms with Crippen LogP contribution < -0.4 is 0 Å². The smallest absolute Gasteiger partial charge is 0.253 e. The number of amides is 1. The van der Waals surface area contributed by atoms with Gasteiger partial charge in [-0.25, -0.2) is 4.98 Å². The Kier molecular flexibility index (Phi) is 7.54. The molecule has 0 radical (unpaired) electrons. The van der Waals surface area contributed by atoms with Gasteiger partial charge in [-0.15, -0.1) is 11.3 Å². The van der Waals surface area contributed by atoms with Crippen molar-refractivity contribution in [2.75, 3.05) is 26.7 Å². The van der Waals surface area contributed by atoms with Crippen LogP contribution in [0.3, 0.4) is 0 Å². The Morgan fingerprint density at radius 2 is 1.75 bits per heavy atom. The van der Waals surface area contributed by atoms with Gasteiger partial charge in [-0.1, -0.05) is 48.9 Å². The summed E-state index contributed by atoms with van der Waals surface area (Å²) >= 11 is 1.66. The number of aromatic nitrogens is 2. The molecule has 0 atom stereocenters. The molecule has 6 heteroatoms. The van der Waals surface area contributed by atoms with Crippen LogP contribution in [0.5, 0.6) is 0 Å². The van der Waals surface area contributed by atoms with E-state index in [9.17, 15) is 4.79 Å². The van der Waals surface area contributed by atoms with Crippen molar-refractivity contribution in [3.63, 3.8) is 0 Å². The summed E-state index contributed by atoms with van der Waals surface area (Å²) < 4.78 is 0. The first kappa shape index (κ1) is 24.3. The van der Waals surface area contributed by atoms with E-state index in [4.69, 9.17) is 4.98 Å². The minimum atomic E-state index is 0.0692. The van der Waals surface area contributed by atoms with Gasteiger partial charge < -0.3 is 4.90 Å². The Labute approximate surface area is 217 Å². The lowest BCUT2D eigenvalue weighted by Crippen LogP contribution is -2.30. The van der Waals surface area contributed by atoms with E-state index in [2.05, 4.69) is 58.6 Å². The lowest BCUT2D eigenvalue weighted by Gasteiger charge is -2.30. The summed E-state index contributed by atoms with van der Waals surface area (Å²) in [5.74, 6) is 0.0692. The normalized spacial score (nSPS) is 14.2. The van der Waals surface area contributed by atoms with Crippen molar-refractivity contribution in [2.24, 2.45) is 0 Å². The van der Waals surface area contributed by atoms with Crippen molar-refractivity contribution < 1.29 is 4.79 Å². The molecule has 36 heavy (non-hydrogen) atoms. The summed E-state index contributed by atoms with van der Waals surface area (Å²) in [4.78, 5) is 26.3. The van der Waals surface area contributed by atoms with Crippen LogP contribution in [-0.2, 0) is 6.54 Å². The molecule has 0 saturated carbocycles. The molecule has 3 heterocycles. The summed E-state index contributed by atoms with van der Waals surface area (Å²) in [7, 11) is 1.87. The van der Waals surface area contributed by atoms with Gasteiger partial charge in [0, 0.05) is 61.3 Å². The van der Waals surface area contributed by atoms with Gasteiger partial charge in [0.1, 0.15) is 0 Å². The third kappa shape index (κ3) is 5.25. The van der Waals surface area contributed by atoms with E-state index in [0.29, 0.717) is 0 Å². The van der Waals surface area contributed by atoms with Crippen molar-refractivity contribution in [1.29, 1.82) is 0 Å². The van der Waals surface area contributed by atoms with E-state index >= 15 is 0 Å². The van der Waals surface area contributed by atoms with Crippen LogP contribution in [0.25, 0.3) is 16.5 Å². The molecule has 0 N–H and O–H groups in total. The number of nitrogens with zero attached hydrogens (tertiary/aromatic N) is 4. The molecular weight excluding hydrogens is 464 g/mol. The van der Waals surface area contributed by atoms with Crippen LogP contribution in [0, 0.1) is 0 Å². The predicted molar refractivity (Wildman–Crippen MR) is 148 cm³/mol. The highest BCUT2D eigenvalue weighted by Crippen LogP contribution is 2.35. The van der Waals surface area contributed by atoms with Crippen LogP contribution in [0.1, 0.15) is 53.4 Å². The summed E-state index contributed by atoms with van der Waals surface area (Å²) in [5.41, 5.74) is 9.83. The van der Waals surface area contributed by atoms with Gasteiger partial charge in [-0.2, -0.15) is 0 Å². The molecule has 0 aliphatic carbocycles. The highest BCUT2D eigenvalue weighted by molar-refractivity contribution is 7.07. The largest absolute Gasteiger partial charge is 0.342 e. The molecule has 0 unspecified atom stereocenters. The molecule has 4 aromatic rings. The maximum absolute atomic E-state index is 12.8. The van der Waals surface area contributed by atoms with Gasteiger partial charge >= 0.3 is 0 Å². The number of para-hydroxylation sites is 1. The second-order valence-electron chi connectivity index (χ2n) is 9.42. The third-order valence-electron chi connectivity index (χ3n) is 6.91. The number of pyridine rings is 1. The molecule has 1 aliphatic rings. The van der Waals surface area contributed by atoms with Crippen molar-refractivity contribution in [3.05, 3.63) is 99.6 Å². The van der Waals surface area contributed by atoms with Crippen LogP contribution in [-0.4, -0.2) is 52.4 Å². The summed E-state index contributed by atoms with van der Waals surface area (Å²) in [5, 5.41) is 3.28. The first-order chi connectivity index (χ1) is 17.6. The zero-order valence-corrected chi connectivity index (χ0v) is 21.8. The number of rotatable bonds is 7. The average molecular weight is 497 g/mol. The molecule has 2 aromatic heterocycles. The number of thiazole rings is 1. The number of benzene rings is 2. The Bertz CT molecular complexity index is 1350. The van der Waals surface area contributed by atoms with Crippen molar-refractivity contribution in [2.45, 2.75) is 32.7 Å². The molecule has 5 rings (SSSR count). The molecule has 1 amide bonds.